The molecule has 0 aromatic heterocycles. The molecule has 5 nitrogen and oxygen atoms in total. The molecule has 1 amide bonds. The summed E-state index contributed by atoms with van der Waals surface area (Å²) in [5.74, 6) is -1.08. The highest BCUT2D eigenvalue weighted by Crippen LogP contribution is 2.45. The molecule has 0 bridgehead atoms. The smallest absolute Gasteiger partial charge is 0.257 e. The van der Waals surface area contributed by atoms with Crippen molar-refractivity contribution in [1.82, 2.24) is 10.6 Å². The second kappa shape index (κ2) is 9.43. The van der Waals surface area contributed by atoms with Gasteiger partial charge >= 0.3 is 0 Å². The highest BCUT2D eigenvalue weighted by molar-refractivity contribution is 7.80. The maximum Gasteiger partial charge on any atom is 0.257 e. The number of benzene rings is 2. The van der Waals surface area contributed by atoms with Crippen molar-refractivity contribution in [2.45, 2.75) is 31.4 Å². The number of rotatable bonds is 6. The minimum atomic E-state index is -0.985. The van der Waals surface area contributed by atoms with Crippen LogP contribution in [0.15, 0.2) is 54.6 Å². The van der Waals surface area contributed by atoms with E-state index in [1.807, 2.05) is 13.0 Å². The van der Waals surface area contributed by atoms with Gasteiger partial charge in [-0.2, -0.15) is 0 Å². The molecule has 1 aliphatic carbocycles. The summed E-state index contributed by atoms with van der Waals surface area (Å²) >= 11 is 5.40. The molecule has 0 aliphatic heterocycles. The molecular formula is C22H25FN2O3S. The van der Waals surface area contributed by atoms with E-state index in [0.29, 0.717) is 30.6 Å². The Hall–Kier alpha value is -2.35. The molecule has 1 aliphatic rings. The predicted octanol–water partition coefficient (Wildman–Crippen LogP) is 3.13. The third-order valence-electron chi connectivity index (χ3n) is 5.37. The van der Waals surface area contributed by atoms with Crippen LogP contribution in [0, 0.1) is 11.7 Å². The Morgan fingerprint density at radius 2 is 1.93 bits per heavy atom. The fourth-order valence-electron chi connectivity index (χ4n) is 4.09. The third-order valence-corrected chi connectivity index (χ3v) is 5.57. The minimum Gasteiger partial charge on any atom is -0.396 e. The average Bonchev–Trinajstić information content (AvgIpc) is 3.06. The lowest BCUT2D eigenvalue weighted by molar-refractivity contribution is 0.0607. The molecule has 3 rings (SSSR count). The second-order valence-corrected chi connectivity index (χ2v) is 7.53. The fourth-order valence-corrected chi connectivity index (χ4v) is 4.37. The van der Waals surface area contributed by atoms with Crippen LogP contribution in [0.25, 0.3) is 0 Å². The van der Waals surface area contributed by atoms with Crippen LogP contribution in [-0.4, -0.2) is 35.4 Å². The van der Waals surface area contributed by atoms with Crippen molar-refractivity contribution >= 4 is 23.2 Å². The molecule has 1 fully saturated rings. The molecule has 2 aromatic rings. The van der Waals surface area contributed by atoms with Crippen molar-refractivity contribution < 1.29 is 19.0 Å². The molecule has 7 heteroatoms. The maximum absolute atomic E-state index is 14.8. The van der Waals surface area contributed by atoms with Crippen LogP contribution in [0.5, 0.6) is 0 Å². The van der Waals surface area contributed by atoms with Gasteiger partial charge < -0.3 is 15.2 Å². The Morgan fingerprint density at radius 1 is 1.24 bits per heavy atom. The number of halogens is 1. The Balaban J connectivity index is 1.89. The summed E-state index contributed by atoms with van der Waals surface area (Å²) < 4.78 is 20.6. The first-order valence-electron chi connectivity index (χ1n) is 9.66. The van der Waals surface area contributed by atoms with Crippen LogP contribution in [0.1, 0.15) is 35.7 Å². The van der Waals surface area contributed by atoms with Crippen LogP contribution in [-0.2, 0) is 10.3 Å². The number of hydrogen-bond donors (Lipinski definition) is 3. The summed E-state index contributed by atoms with van der Waals surface area (Å²) in [5, 5.41) is 16.0. The van der Waals surface area contributed by atoms with E-state index in [9.17, 15) is 14.3 Å². The van der Waals surface area contributed by atoms with Crippen LogP contribution >= 0.6 is 12.2 Å². The minimum absolute atomic E-state index is 0.0812. The van der Waals surface area contributed by atoms with Crippen LogP contribution < -0.4 is 10.6 Å². The largest absolute Gasteiger partial charge is 0.396 e. The first-order valence-corrected chi connectivity index (χ1v) is 10.1. The summed E-state index contributed by atoms with van der Waals surface area (Å²) in [5.41, 5.74) is -0.118. The zero-order valence-electron chi connectivity index (χ0n) is 16.2. The van der Waals surface area contributed by atoms with Gasteiger partial charge in [-0.05, 0) is 43.8 Å². The molecule has 154 valence electrons. The average molecular weight is 417 g/mol. The lowest BCUT2D eigenvalue weighted by atomic mass is 9.80. The van der Waals surface area contributed by atoms with Gasteiger partial charge in [0.15, 0.2) is 5.11 Å². The van der Waals surface area contributed by atoms with Crippen molar-refractivity contribution in [3.63, 3.8) is 0 Å². The summed E-state index contributed by atoms with van der Waals surface area (Å²) in [6, 6.07) is 15.1. The molecule has 0 unspecified atom stereocenters. The van der Waals surface area contributed by atoms with Gasteiger partial charge in [0.1, 0.15) is 5.82 Å². The van der Waals surface area contributed by atoms with Gasteiger partial charge in [0.05, 0.1) is 11.6 Å². The standard InChI is InChI=1S/C22H25FN2O3S/c1-2-28-17-12-16(14-26)22(13-17,18-10-6-7-11-19(18)23)25-21(29)24-20(27)15-8-4-3-5-9-15/h3-11,16-17,26H,2,12-14H2,1H3,(H2,24,25,27,29)/t16-,17+,22-/m0/s1. The second-order valence-electron chi connectivity index (χ2n) is 7.12. The highest BCUT2D eigenvalue weighted by Gasteiger charge is 2.50. The van der Waals surface area contributed by atoms with Crippen molar-refractivity contribution in [1.29, 1.82) is 0 Å². The summed E-state index contributed by atoms with van der Waals surface area (Å²) in [6.07, 6.45) is 0.826. The van der Waals surface area contributed by atoms with Crippen LogP contribution in [0.4, 0.5) is 4.39 Å². The van der Waals surface area contributed by atoms with Gasteiger partial charge in [0.25, 0.3) is 5.91 Å². The van der Waals surface area contributed by atoms with E-state index in [1.165, 1.54) is 6.07 Å². The van der Waals surface area contributed by atoms with Gasteiger partial charge in [-0.15, -0.1) is 0 Å². The van der Waals surface area contributed by atoms with Gasteiger partial charge in [0, 0.05) is 36.7 Å². The molecular weight excluding hydrogens is 391 g/mol. The van der Waals surface area contributed by atoms with E-state index in [4.69, 9.17) is 17.0 Å². The summed E-state index contributed by atoms with van der Waals surface area (Å²) in [6.45, 7) is 2.25. The molecule has 3 N–H and O–H groups in total. The van der Waals surface area contributed by atoms with E-state index in [-0.39, 0.29) is 29.6 Å². The SMILES string of the molecule is CCO[C@@H]1C[C@@H](CO)[C@](NC(=S)NC(=O)c2ccccc2)(c2ccccc2F)C1. The lowest BCUT2D eigenvalue weighted by Crippen LogP contribution is -2.54. The normalized spacial score (nSPS) is 23.6. The van der Waals surface area contributed by atoms with Gasteiger partial charge in [-0.25, -0.2) is 4.39 Å². The van der Waals surface area contributed by atoms with Gasteiger partial charge in [0.2, 0.25) is 0 Å². The maximum atomic E-state index is 14.8. The van der Waals surface area contributed by atoms with Gasteiger partial charge in [-0.3, -0.25) is 10.1 Å². The van der Waals surface area contributed by atoms with Gasteiger partial charge in [-0.1, -0.05) is 36.4 Å². The molecule has 0 radical (unpaired) electrons. The van der Waals surface area contributed by atoms with Crippen molar-refractivity contribution in [2.24, 2.45) is 5.92 Å². The first kappa shape index (κ1) is 21.4. The number of ether oxygens (including phenoxy) is 1. The summed E-state index contributed by atoms with van der Waals surface area (Å²) in [4.78, 5) is 12.5. The Morgan fingerprint density at radius 3 is 2.59 bits per heavy atom. The molecule has 0 saturated heterocycles. The number of nitrogens with one attached hydrogen (secondary N) is 2. The number of carbonyl (C=O) groups excluding carboxylic acids is 1. The molecule has 1 saturated carbocycles. The quantitative estimate of drug-likeness (QED) is 0.631. The highest BCUT2D eigenvalue weighted by atomic mass is 32.1. The van der Waals surface area contributed by atoms with Crippen molar-refractivity contribution in [3.05, 3.63) is 71.5 Å². The summed E-state index contributed by atoms with van der Waals surface area (Å²) in [7, 11) is 0. The third kappa shape index (κ3) is 4.63. The van der Waals surface area contributed by atoms with E-state index in [2.05, 4.69) is 10.6 Å². The topological polar surface area (TPSA) is 70.6 Å². The number of hydrogen-bond acceptors (Lipinski definition) is 4. The fraction of sp³-hybridized carbons (Fsp3) is 0.364. The Kier molecular flexibility index (Phi) is 6.95. The number of carbonyl (C=O) groups is 1. The van der Waals surface area contributed by atoms with Crippen LogP contribution in [0.2, 0.25) is 0 Å². The molecule has 3 atom stereocenters. The Bertz CT molecular complexity index is 864. The number of thiocarbonyl (C=S) groups is 1. The molecule has 29 heavy (non-hydrogen) atoms. The monoisotopic (exact) mass is 416 g/mol. The molecule has 0 spiro atoms. The Labute approximate surface area is 175 Å². The lowest BCUT2D eigenvalue weighted by Gasteiger charge is -2.37. The van der Waals surface area contributed by atoms with Crippen LogP contribution in [0.3, 0.4) is 0 Å². The zero-order chi connectivity index (χ0) is 20.9. The first-order chi connectivity index (χ1) is 14.0. The van der Waals surface area contributed by atoms with Crippen molar-refractivity contribution in [2.75, 3.05) is 13.2 Å². The van der Waals surface area contributed by atoms with Crippen molar-refractivity contribution in [3.8, 4) is 0 Å². The van der Waals surface area contributed by atoms with E-state index < -0.39 is 11.4 Å². The molecule has 2 aromatic carbocycles. The number of aliphatic hydroxyl groups is 1. The van der Waals surface area contributed by atoms with E-state index >= 15 is 0 Å². The number of amides is 1. The molecule has 0 heterocycles. The zero-order valence-corrected chi connectivity index (χ0v) is 17.0. The number of aliphatic hydroxyl groups excluding tert-OH is 1. The van der Waals surface area contributed by atoms with E-state index in [1.54, 1.807) is 42.5 Å². The predicted molar refractivity (Wildman–Crippen MR) is 113 cm³/mol. The van der Waals surface area contributed by atoms with E-state index in [0.717, 1.165) is 0 Å².